The molecule has 0 aliphatic rings. The third-order valence-corrected chi connectivity index (χ3v) is 14.0. The predicted octanol–water partition coefficient (Wildman–Crippen LogP) is 22.8. The van der Waals surface area contributed by atoms with Crippen molar-refractivity contribution in [3.05, 3.63) is 122 Å². The van der Waals surface area contributed by atoms with Gasteiger partial charge in [0, 0.05) is 19.3 Å². The number of ether oxygens (including phenoxy) is 3. The molecule has 0 N–H and O–H groups in total. The fourth-order valence-electron chi connectivity index (χ4n) is 9.02. The number of hydrogen-bond donors (Lipinski definition) is 0. The van der Waals surface area contributed by atoms with Crippen molar-refractivity contribution in [3.8, 4) is 0 Å². The van der Waals surface area contributed by atoms with E-state index in [0.717, 1.165) is 135 Å². The second-order valence-corrected chi connectivity index (χ2v) is 21.6. The summed E-state index contributed by atoms with van der Waals surface area (Å²) in [5.74, 6) is -0.898. The Morgan fingerprint density at radius 1 is 0.266 bits per heavy atom. The minimum Gasteiger partial charge on any atom is -0.462 e. The second-order valence-electron chi connectivity index (χ2n) is 21.6. The summed E-state index contributed by atoms with van der Waals surface area (Å²) in [7, 11) is 0. The molecule has 0 aromatic carbocycles. The molecule has 0 fully saturated rings. The van der Waals surface area contributed by atoms with Crippen LogP contribution in [-0.4, -0.2) is 37.2 Å². The molecule has 0 spiro atoms. The van der Waals surface area contributed by atoms with Gasteiger partial charge in [0.2, 0.25) is 0 Å². The van der Waals surface area contributed by atoms with Gasteiger partial charge in [-0.15, -0.1) is 0 Å². The zero-order valence-corrected chi connectivity index (χ0v) is 51.6. The summed E-state index contributed by atoms with van der Waals surface area (Å²) < 4.78 is 16.9. The number of carbonyl (C=O) groups excluding carboxylic acids is 3. The van der Waals surface area contributed by atoms with E-state index in [1.54, 1.807) is 0 Å². The summed E-state index contributed by atoms with van der Waals surface area (Å²) in [6, 6.07) is 0. The highest BCUT2D eigenvalue weighted by Gasteiger charge is 2.19. The van der Waals surface area contributed by atoms with E-state index < -0.39 is 6.10 Å². The number of hydrogen-bond acceptors (Lipinski definition) is 6. The molecule has 0 heterocycles. The Kier molecular flexibility index (Phi) is 62.8. The van der Waals surface area contributed by atoms with Crippen LogP contribution in [-0.2, 0) is 28.6 Å². The highest BCUT2D eigenvalue weighted by Crippen LogP contribution is 2.15. The van der Waals surface area contributed by atoms with E-state index in [4.69, 9.17) is 14.2 Å². The Labute approximate surface area is 488 Å². The predicted molar refractivity (Wildman–Crippen MR) is 343 cm³/mol. The van der Waals surface area contributed by atoms with Gasteiger partial charge in [-0.25, -0.2) is 0 Å². The van der Waals surface area contributed by atoms with E-state index in [1.165, 1.54) is 128 Å². The third-order valence-electron chi connectivity index (χ3n) is 14.0. The van der Waals surface area contributed by atoms with Crippen LogP contribution in [0.15, 0.2) is 122 Å². The fraction of sp³-hybridized carbons (Fsp3) is 0.685. The number of rotatable bonds is 59. The fourth-order valence-corrected chi connectivity index (χ4v) is 9.02. The van der Waals surface area contributed by atoms with Crippen molar-refractivity contribution in [2.24, 2.45) is 0 Å². The van der Waals surface area contributed by atoms with E-state index in [1.807, 2.05) is 0 Å². The summed E-state index contributed by atoms with van der Waals surface area (Å²) in [6.45, 7) is 6.51. The average molecular weight is 1100 g/mol. The molecule has 0 aliphatic heterocycles. The lowest BCUT2D eigenvalue weighted by Gasteiger charge is -2.18. The lowest BCUT2D eigenvalue weighted by Crippen LogP contribution is -2.30. The van der Waals surface area contributed by atoms with Gasteiger partial charge in [-0.1, -0.05) is 290 Å². The van der Waals surface area contributed by atoms with E-state index in [2.05, 4.69) is 142 Å². The topological polar surface area (TPSA) is 78.9 Å². The number of unbranched alkanes of at least 4 members (excludes halogenated alkanes) is 28. The van der Waals surface area contributed by atoms with Gasteiger partial charge < -0.3 is 14.2 Å². The Morgan fingerprint density at radius 3 is 0.785 bits per heavy atom. The molecule has 0 saturated heterocycles. The van der Waals surface area contributed by atoms with Crippen LogP contribution in [0.4, 0.5) is 0 Å². The molecular formula is C73H122O6. The Balaban J connectivity index is 4.23. The van der Waals surface area contributed by atoms with Crippen molar-refractivity contribution < 1.29 is 28.6 Å². The molecule has 0 aliphatic carbocycles. The van der Waals surface area contributed by atoms with Crippen molar-refractivity contribution >= 4 is 17.9 Å². The molecular weight excluding hydrogens is 973 g/mol. The Bertz CT molecular complexity index is 1640. The third kappa shape index (κ3) is 64.5. The number of allylic oxidation sites excluding steroid dienone is 20. The lowest BCUT2D eigenvalue weighted by atomic mass is 10.1. The maximum Gasteiger partial charge on any atom is 0.306 e. The molecule has 0 amide bonds. The molecule has 0 saturated carbocycles. The Hall–Kier alpha value is -4.19. The molecule has 0 aromatic rings. The first-order valence-electron chi connectivity index (χ1n) is 33.0. The maximum atomic E-state index is 12.9. The van der Waals surface area contributed by atoms with Crippen molar-refractivity contribution in [3.63, 3.8) is 0 Å². The zero-order valence-electron chi connectivity index (χ0n) is 51.6. The van der Waals surface area contributed by atoms with Gasteiger partial charge in [0.1, 0.15) is 13.2 Å². The summed E-state index contributed by atoms with van der Waals surface area (Å²) in [6.07, 6.45) is 92.1. The van der Waals surface area contributed by atoms with Crippen LogP contribution in [0, 0.1) is 0 Å². The van der Waals surface area contributed by atoms with Crippen LogP contribution in [0.2, 0.25) is 0 Å². The number of carbonyl (C=O) groups is 3. The summed E-state index contributed by atoms with van der Waals surface area (Å²) in [5, 5.41) is 0. The van der Waals surface area contributed by atoms with Crippen LogP contribution in [0.5, 0.6) is 0 Å². The standard InChI is InChI=1S/C73H122O6/c1-4-7-10-13-16-19-22-24-26-27-28-29-30-31-32-33-34-35-36-37-38-39-40-41-42-43-44-45-47-48-51-54-57-60-63-66-72(75)78-69-70(68-77-71(74)65-62-59-56-53-50-21-18-15-12-9-6-3)79-73(76)67-64-61-58-55-52-49-46-25-23-20-17-14-11-8-5-2/h7,10,16,19,24-26,28-29,31-32,34-35,37-38,40-41,43-44,46,70H,4-6,8-9,11-15,17-18,20-23,27,30,33,36,39,42,45,47-69H2,1-3H3/b10-7-,19-16-,26-24-,29-28-,32-31-,35-34-,38-37-,41-40-,44-43-,46-25-. The first-order chi connectivity index (χ1) is 39.0. The van der Waals surface area contributed by atoms with E-state index in [9.17, 15) is 14.4 Å². The zero-order chi connectivity index (χ0) is 57.1. The van der Waals surface area contributed by atoms with Crippen LogP contribution in [0.3, 0.4) is 0 Å². The van der Waals surface area contributed by atoms with Gasteiger partial charge in [0.15, 0.2) is 6.10 Å². The molecule has 1 atom stereocenters. The number of esters is 3. The van der Waals surface area contributed by atoms with Crippen molar-refractivity contribution in [1.82, 2.24) is 0 Å². The van der Waals surface area contributed by atoms with Gasteiger partial charge in [0.05, 0.1) is 0 Å². The maximum absolute atomic E-state index is 12.9. The van der Waals surface area contributed by atoms with Gasteiger partial charge in [-0.3, -0.25) is 14.4 Å². The first kappa shape index (κ1) is 74.8. The van der Waals surface area contributed by atoms with E-state index >= 15 is 0 Å². The molecule has 0 rings (SSSR count). The van der Waals surface area contributed by atoms with Gasteiger partial charge in [-0.2, -0.15) is 0 Å². The molecule has 6 nitrogen and oxygen atoms in total. The van der Waals surface area contributed by atoms with Gasteiger partial charge >= 0.3 is 17.9 Å². The highest BCUT2D eigenvalue weighted by molar-refractivity contribution is 5.71. The molecule has 0 radical (unpaired) electrons. The van der Waals surface area contributed by atoms with Crippen LogP contribution >= 0.6 is 0 Å². The molecule has 6 heteroatoms. The van der Waals surface area contributed by atoms with Gasteiger partial charge in [-0.05, 0) is 116 Å². The summed E-state index contributed by atoms with van der Waals surface area (Å²) >= 11 is 0. The van der Waals surface area contributed by atoms with E-state index in [-0.39, 0.29) is 31.1 Å². The smallest absolute Gasteiger partial charge is 0.306 e. The highest BCUT2D eigenvalue weighted by atomic mass is 16.6. The quantitative estimate of drug-likeness (QED) is 0.0261. The van der Waals surface area contributed by atoms with Crippen molar-refractivity contribution in [1.29, 1.82) is 0 Å². The minimum atomic E-state index is -0.787. The Morgan fingerprint density at radius 2 is 0.494 bits per heavy atom. The normalized spacial score (nSPS) is 12.9. The molecule has 0 aromatic heterocycles. The van der Waals surface area contributed by atoms with Crippen LogP contribution in [0.25, 0.3) is 0 Å². The minimum absolute atomic E-state index is 0.0831. The average Bonchev–Trinajstić information content (AvgIpc) is 3.45. The lowest BCUT2D eigenvalue weighted by molar-refractivity contribution is -0.167. The second kappa shape index (κ2) is 66.3. The van der Waals surface area contributed by atoms with Crippen molar-refractivity contribution in [2.75, 3.05) is 13.2 Å². The van der Waals surface area contributed by atoms with Crippen molar-refractivity contribution in [2.45, 2.75) is 309 Å². The molecule has 1 unspecified atom stereocenters. The SMILES string of the molecule is CC/C=C\C/C=C\C/C=C\C/C=C\C/C=C\C/C=C\C/C=C\C/C=C\C/C=C\CCCCCCCCCC(=O)OCC(COC(=O)CCCCCCCCCCCCC)OC(=O)CCCCCCC/C=C\CCCCCCCC. The summed E-state index contributed by atoms with van der Waals surface area (Å²) in [5.41, 5.74) is 0. The van der Waals surface area contributed by atoms with E-state index in [0.29, 0.717) is 19.3 Å². The molecule has 79 heavy (non-hydrogen) atoms. The monoisotopic (exact) mass is 1090 g/mol. The van der Waals surface area contributed by atoms with Crippen LogP contribution < -0.4 is 0 Å². The molecule has 450 valence electrons. The largest absolute Gasteiger partial charge is 0.462 e. The van der Waals surface area contributed by atoms with Gasteiger partial charge in [0.25, 0.3) is 0 Å². The first-order valence-corrected chi connectivity index (χ1v) is 33.0. The summed E-state index contributed by atoms with van der Waals surface area (Å²) in [4.78, 5) is 38.2. The van der Waals surface area contributed by atoms with Crippen LogP contribution in [0.1, 0.15) is 303 Å². The molecule has 0 bridgehead atoms.